The summed E-state index contributed by atoms with van der Waals surface area (Å²) in [5.74, 6) is 0.929. The normalized spacial score (nSPS) is 17.6. The number of hydrogen-bond acceptors (Lipinski definition) is 8. The first-order valence-corrected chi connectivity index (χ1v) is 14.1. The number of tetrazole rings is 1. The van der Waals surface area contributed by atoms with Crippen LogP contribution in [0.2, 0.25) is 0 Å². The number of hydrogen-bond donors (Lipinski definition) is 4. The Morgan fingerprint density at radius 3 is 2.32 bits per heavy atom. The number of ketones is 1. The van der Waals surface area contributed by atoms with Crippen molar-refractivity contribution < 1.29 is 9.59 Å². The molecule has 0 spiro atoms. The third kappa shape index (κ3) is 7.01. The van der Waals surface area contributed by atoms with Crippen molar-refractivity contribution in [3.8, 4) is 22.5 Å². The molecule has 1 fully saturated rings. The fraction of sp³-hybridized carbons (Fsp3) is 0.355. The Morgan fingerprint density at radius 1 is 0.976 bits per heavy atom. The molecule has 10 nitrogen and oxygen atoms in total. The van der Waals surface area contributed by atoms with Crippen LogP contribution >= 0.6 is 0 Å². The maximum Gasteiger partial charge on any atom is 0.228 e. The molecule has 0 radical (unpaired) electrons. The molecule has 1 amide bonds. The van der Waals surface area contributed by atoms with Crippen molar-refractivity contribution in [2.75, 3.05) is 17.6 Å². The number of nitrogens with zero attached hydrogens (tertiary/aromatic N) is 4. The van der Waals surface area contributed by atoms with Gasteiger partial charge in [-0.15, -0.1) is 10.2 Å². The average Bonchev–Trinajstić information content (AvgIpc) is 3.53. The number of aromatic amines is 1. The second kappa shape index (κ2) is 12.8. The smallest absolute Gasteiger partial charge is 0.228 e. The van der Waals surface area contributed by atoms with E-state index in [2.05, 4.69) is 30.9 Å². The number of Topliss-reactive ketones (excluding diaryl/α,β-unsaturated/α-hetero) is 1. The van der Waals surface area contributed by atoms with Crippen molar-refractivity contribution >= 4 is 23.2 Å². The molecular weight excluding hydrogens is 516 g/mol. The van der Waals surface area contributed by atoms with Gasteiger partial charge in [-0.2, -0.15) is 5.21 Å². The van der Waals surface area contributed by atoms with Crippen LogP contribution in [-0.2, 0) is 16.0 Å². The number of benzene rings is 2. The maximum atomic E-state index is 13.6. The lowest BCUT2D eigenvalue weighted by atomic mass is 9.77. The molecule has 4 aromatic rings. The lowest BCUT2D eigenvalue weighted by Gasteiger charge is -2.27. The Labute approximate surface area is 239 Å². The van der Waals surface area contributed by atoms with E-state index in [4.69, 9.17) is 11.5 Å². The summed E-state index contributed by atoms with van der Waals surface area (Å²) < 4.78 is 0. The topological polar surface area (TPSA) is 166 Å². The molecule has 1 aliphatic rings. The van der Waals surface area contributed by atoms with E-state index in [9.17, 15) is 9.59 Å². The number of nitrogen functional groups attached to an aromatic ring is 1. The number of nitrogens with one attached hydrogen (secondary N) is 2. The van der Waals surface area contributed by atoms with Crippen LogP contribution in [0.5, 0.6) is 0 Å². The van der Waals surface area contributed by atoms with Gasteiger partial charge in [-0.3, -0.25) is 9.59 Å². The molecule has 1 atom stereocenters. The van der Waals surface area contributed by atoms with Crippen molar-refractivity contribution in [1.82, 2.24) is 25.6 Å². The molecule has 0 aliphatic heterocycles. The van der Waals surface area contributed by atoms with Crippen molar-refractivity contribution in [3.63, 3.8) is 0 Å². The largest absolute Gasteiger partial charge is 0.384 e. The summed E-state index contributed by atoms with van der Waals surface area (Å²) in [4.78, 5) is 31.3. The number of carbonyl (C=O) groups is 2. The highest BCUT2D eigenvalue weighted by Gasteiger charge is 2.30. The number of pyridine rings is 1. The van der Waals surface area contributed by atoms with E-state index in [0.29, 0.717) is 36.2 Å². The molecule has 0 bridgehead atoms. The summed E-state index contributed by atoms with van der Waals surface area (Å²) in [6, 6.07) is 19.1. The number of nitrogens with two attached hydrogens (primary N) is 2. The third-order valence-electron chi connectivity index (χ3n) is 8.06. The zero-order valence-electron chi connectivity index (χ0n) is 23.2. The first-order valence-electron chi connectivity index (χ1n) is 14.1. The fourth-order valence-corrected chi connectivity index (χ4v) is 5.61. The average molecular weight is 553 g/mol. The minimum atomic E-state index is -0.502. The van der Waals surface area contributed by atoms with Crippen LogP contribution in [0.1, 0.15) is 43.4 Å². The van der Waals surface area contributed by atoms with Crippen molar-refractivity contribution in [2.24, 2.45) is 23.5 Å². The maximum absolute atomic E-state index is 13.6. The third-order valence-corrected chi connectivity index (χ3v) is 8.06. The van der Waals surface area contributed by atoms with Crippen LogP contribution in [0.25, 0.3) is 22.5 Å². The lowest BCUT2D eigenvalue weighted by Crippen LogP contribution is -2.31. The Hall–Kier alpha value is -4.44. The summed E-state index contributed by atoms with van der Waals surface area (Å²) in [7, 11) is 0. The second-order valence-corrected chi connectivity index (χ2v) is 10.9. The number of anilines is 2. The van der Waals surface area contributed by atoms with Crippen LogP contribution in [0.3, 0.4) is 0 Å². The number of rotatable bonds is 10. The summed E-state index contributed by atoms with van der Waals surface area (Å²) in [6.07, 6.45) is 4.28. The van der Waals surface area contributed by atoms with Gasteiger partial charge in [0, 0.05) is 40.8 Å². The second-order valence-electron chi connectivity index (χ2n) is 10.9. The number of amides is 1. The van der Waals surface area contributed by atoms with Crippen molar-refractivity contribution in [1.29, 1.82) is 0 Å². The molecule has 6 N–H and O–H groups in total. The van der Waals surface area contributed by atoms with Gasteiger partial charge < -0.3 is 16.8 Å². The minimum Gasteiger partial charge on any atom is -0.384 e. The molecule has 1 saturated carbocycles. The van der Waals surface area contributed by atoms with Crippen LogP contribution in [0.15, 0.2) is 60.7 Å². The predicted octanol–water partition coefficient (Wildman–Crippen LogP) is 4.34. The van der Waals surface area contributed by atoms with E-state index in [1.807, 2.05) is 49.4 Å². The van der Waals surface area contributed by atoms with E-state index < -0.39 is 5.92 Å². The number of H-pyrrole nitrogens is 1. The van der Waals surface area contributed by atoms with Gasteiger partial charge in [-0.1, -0.05) is 24.3 Å². The van der Waals surface area contributed by atoms with Gasteiger partial charge in [0.15, 0.2) is 0 Å². The molecule has 10 heteroatoms. The number of aryl methyl sites for hydroxylation is 1. The van der Waals surface area contributed by atoms with Gasteiger partial charge in [-0.25, -0.2) is 4.98 Å². The number of carbonyl (C=O) groups excluding carboxylic acids is 2. The van der Waals surface area contributed by atoms with Gasteiger partial charge in [0.05, 0.1) is 0 Å². The van der Waals surface area contributed by atoms with E-state index in [1.54, 1.807) is 18.2 Å². The molecule has 2 heterocycles. The monoisotopic (exact) mass is 552 g/mol. The molecule has 0 unspecified atom stereocenters. The van der Waals surface area contributed by atoms with Gasteiger partial charge >= 0.3 is 0 Å². The zero-order chi connectivity index (χ0) is 28.8. The predicted molar refractivity (Wildman–Crippen MR) is 158 cm³/mol. The molecule has 0 saturated heterocycles. The van der Waals surface area contributed by atoms with E-state index in [0.717, 1.165) is 53.6 Å². The Balaban J connectivity index is 1.31. The van der Waals surface area contributed by atoms with Crippen LogP contribution in [-0.4, -0.2) is 43.8 Å². The van der Waals surface area contributed by atoms with Crippen LogP contribution in [0.4, 0.5) is 11.5 Å². The van der Waals surface area contributed by atoms with Gasteiger partial charge in [0.25, 0.3) is 0 Å². The standard InChI is InChI=1S/C31H36N8O2/c1-19-27(14-15-29(33)34-19)22-6-2-20(3-7-22)16-25(17-28(40)23-8-4-21(18-32)5-9-23)31(41)35-26-12-10-24(11-13-26)30-36-38-39-37-30/h2-3,6-7,10-15,21,23,25H,4-5,8-9,16-18,32H2,1H3,(H2,33,34)(H,35,41)(H,36,37,38,39)/t21?,23?,25-/m1/s1. The first-order chi connectivity index (χ1) is 19.9. The van der Waals surface area contributed by atoms with Gasteiger partial charge in [0.1, 0.15) is 11.6 Å². The quantitative estimate of drug-likeness (QED) is 0.225. The fourth-order valence-electron chi connectivity index (χ4n) is 5.61. The summed E-state index contributed by atoms with van der Waals surface area (Å²) in [5.41, 5.74) is 17.0. The molecule has 2 aromatic carbocycles. The summed E-state index contributed by atoms with van der Waals surface area (Å²) in [5, 5.41) is 17.0. The molecule has 41 heavy (non-hydrogen) atoms. The van der Waals surface area contributed by atoms with Crippen LogP contribution < -0.4 is 16.8 Å². The SMILES string of the molecule is Cc1nc(N)ccc1-c1ccc(C[C@H](CC(=O)C2CCC(CN)CC2)C(=O)Nc2ccc(-c3nn[nH]n3)cc2)cc1. The Kier molecular flexibility index (Phi) is 8.79. The van der Waals surface area contributed by atoms with Crippen LogP contribution in [0, 0.1) is 24.7 Å². The molecule has 212 valence electrons. The van der Waals surface area contributed by atoms with E-state index >= 15 is 0 Å². The minimum absolute atomic E-state index is 0.00860. The molecular formula is C31H36N8O2. The highest BCUT2D eigenvalue weighted by molar-refractivity contribution is 5.96. The Bertz CT molecular complexity index is 1460. The van der Waals surface area contributed by atoms with E-state index in [1.165, 1.54) is 0 Å². The summed E-state index contributed by atoms with van der Waals surface area (Å²) in [6.45, 7) is 2.60. The summed E-state index contributed by atoms with van der Waals surface area (Å²) >= 11 is 0. The van der Waals surface area contributed by atoms with E-state index in [-0.39, 0.29) is 24.0 Å². The highest BCUT2D eigenvalue weighted by Crippen LogP contribution is 2.31. The Morgan fingerprint density at radius 2 is 1.68 bits per heavy atom. The lowest BCUT2D eigenvalue weighted by molar-refractivity contribution is -0.129. The van der Waals surface area contributed by atoms with Crippen molar-refractivity contribution in [3.05, 3.63) is 71.9 Å². The molecule has 2 aromatic heterocycles. The zero-order valence-corrected chi connectivity index (χ0v) is 23.2. The van der Waals surface area contributed by atoms with Gasteiger partial charge in [-0.05, 0) is 104 Å². The molecule has 1 aliphatic carbocycles. The highest BCUT2D eigenvalue weighted by atomic mass is 16.2. The van der Waals surface area contributed by atoms with Crippen molar-refractivity contribution in [2.45, 2.75) is 45.4 Å². The molecule has 5 rings (SSSR count). The number of aromatic nitrogens is 5. The van der Waals surface area contributed by atoms with Gasteiger partial charge in [0.2, 0.25) is 11.7 Å². The first kappa shape index (κ1) is 28.1.